The van der Waals surface area contributed by atoms with Crippen LogP contribution in [-0.2, 0) is 0 Å². The van der Waals surface area contributed by atoms with Gasteiger partial charge in [-0.1, -0.05) is 58.1 Å². The molecule has 1 aromatic rings. The van der Waals surface area contributed by atoms with E-state index in [4.69, 9.17) is 12.2 Å². The molecule has 1 aromatic carbocycles. The molecule has 0 aliphatic carbocycles. The van der Waals surface area contributed by atoms with E-state index in [0.717, 1.165) is 5.56 Å². The topological polar surface area (TPSA) is 20.3 Å². The second-order valence-electron chi connectivity index (χ2n) is 2.71. The van der Waals surface area contributed by atoms with Gasteiger partial charge in [-0.3, -0.25) is 4.79 Å². The summed E-state index contributed by atoms with van der Waals surface area (Å²) in [5.74, 6) is -0.00407. The molecule has 2 nitrogen and oxygen atoms in total. The van der Waals surface area contributed by atoms with Crippen molar-refractivity contribution in [1.29, 1.82) is 0 Å². The zero-order valence-corrected chi connectivity index (χ0v) is 11.4. The summed E-state index contributed by atoms with van der Waals surface area (Å²) < 4.78 is 0. The van der Waals surface area contributed by atoms with E-state index in [-0.39, 0.29) is 5.91 Å². The van der Waals surface area contributed by atoms with Crippen molar-refractivity contribution in [3.05, 3.63) is 35.4 Å². The molecule has 0 radical (unpaired) electrons. The Bertz CT molecular complexity index is 339. The highest BCUT2D eigenvalue weighted by Gasteiger charge is 2.28. The number of carbonyl (C=O) groups excluding carboxylic acids is 1. The number of fused-ring (bicyclic) bond motifs is 1. The average molecular weight is 237 g/mol. The molecule has 2 rings (SSSR count). The molecule has 0 N–H and O–H groups in total. The lowest BCUT2D eigenvalue weighted by Gasteiger charge is -2.05. The Labute approximate surface area is 103 Å². The molecule has 0 bridgehead atoms. The first-order chi connectivity index (χ1) is 7.72. The van der Waals surface area contributed by atoms with Crippen molar-refractivity contribution < 1.29 is 4.79 Å². The van der Waals surface area contributed by atoms with Crippen LogP contribution in [0.2, 0.25) is 0 Å². The fraction of sp³-hybridized carbons (Fsp3) is 0.385. The molecule has 0 saturated heterocycles. The van der Waals surface area contributed by atoms with Gasteiger partial charge < -0.3 is 4.90 Å². The van der Waals surface area contributed by atoms with E-state index in [2.05, 4.69) is 0 Å². The highest BCUT2D eigenvalue weighted by atomic mass is 32.1. The second kappa shape index (κ2) is 7.12. The van der Waals surface area contributed by atoms with Crippen molar-refractivity contribution in [2.75, 3.05) is 7.05 Å². The summed E-state index contributed by atoms with van der Waals surface area (Å²) in [7, 11) is 1.70. The maximum atomic E-state index is 11.4. The molecule has 0 saturated carbocycles. The van der Waals surface area contributed by atoms with Crippen LogP contribution in [-0.4, -0.2) is 22.8 Å². The van der Waals surface area contributed by atoms with Crippen LogP contribution in [0.3, 0.4) is 0 Å². The summed E-state index contributed by atoms with van der Waals surface area (Å²) in [5.41, 5.74) is 1.59. The van der Waals surface area contributed by atoms with Crippen LogP contribution in [0.25, 0.3) is 0 Å². The summed E-state index contributed by atoms with van der Waals surface area (Å²) in [6.07, 6.45) is 0. The van der Waals surface area contributed by atoms with E-state index in [1.165, 1.54) is 4.90 Å². The standard InChI is InChI=1S/C9H7NOS.2C2H6/c1-10-8(11)6-4-2-3-5-7(6)9(10)12;2*1-2/h2-5H,1H3;2*1-2H3. The molecule has 1 aliphatic heterocycles. The Morgan fingerprint density at radius 2 is 1.44 bits per heavy atom. The van der Waals surface area contributed by atoms with Gasteiger partial charge in [-0.05, 0) is 6.07 Å². The fourth-order valence-electron chi connectivity index (χ4n) is 1.31. The number of benzene rings is 1. The lowest BCUT2D eigenvalue weighted by Crippen LogP contribution is -2.23. The van der Waals surface area contributed by atoms with Crippen molar-refractivity contribution >= 4 is 23.1 Å². The van der Waals surface area contributed by atoms with Gasteiger partial charge in [0.2, 0.25) is 0 Å². The third-order valence-corrected chi connectivity index (χ3v) is 2.49. The fourth-order valence-corrected chi connectivity index (χ4v) is 1.57. The quantitative estimate of drug-likeness (QED) is 0.644. The van der Waals surface area contributed by atoms with E-state index < -0.39 is 0 Å². The van der Waals surface area contributed by atoms with Gasteiger partial charge in [0, 0.05) is 12.6 Å². The molecule has 0 fully saturated rings. The van der Waals surface area contributed by atoms with E-state index in [1.807, 2.05) is 45.9 Å². The van der Waals surface area contributed by atoms with Crippen LogP contribution in [0, 0.1) is 0 Å². The van der Waals surface area contributed by atoms with Gasteiger partial charge in [-0.2, -0.15) is 0 Å². The van der Waals surface area contributed by atoms with Crippen LogP contribution < -0.4 is 0 Å². The Morgan fingerprint density at radius 3 is 1.88 bits per heavy atom. The molecule has 88 valence electrons. The normalized spacial score (nSPS) is 12.2. The van der Waals surface area contributed by atoms with Gasteiger partial charge in [0.15, 0.2) is 0 Å². The first-order valence-corrected chi connectivity index (χ1v) is 6.04. The molecule has 0 spiro atoms. The minimum Gasteiger partial charge on any atom is -0.302 e. The Morgan fingerprint density at radius 1 is 1.00 bits per heavy atom. The predicted molar refractivity (Wildman–Crippen MR) is 72.9 cm³/mol. The van der Waals surface area contributed by atoms with Gasteiger partial charge in [0.1, 0.15) is 4.99 Å². The molecule has 3 heteroatoms. The van der Waals surface area contributed by atoms with Crippen LogP contribution in [0.4, 0.5) is 0 Å². The van der Waals surface area contributed by atoms with Crippen molar-refractivity contribution in [2.45, 2.75) is 27.7 Å². The maximum Gasteiger partial charge on any atom is 0.259 e. The molecule has 1 aliphatic rings. The molecule has 0 unspecified atom stereocenters. The lowest BCUT2D eigenvalue weighted by atomic mass is 10.1. The molecule has 0 aromatic heterocycles. The zero-order chi connectivity index (χ0) is 12.7. The molecular weight excluding hydrogens is 218 g/mol. The average Bonchev–Trinajstić information content (AvgIpc) is 2.60. The minimum atomic E-state index is -0.00407. The SMILES string of the molecule is CC.CC.CN1C(=O)c2ccccc2C1=S. The van der Waals surface area contributed by atoms with Crippen molar-refractivity contribution in [1.82, 2.24) is 4.90 Å². The zero-order valence-electron chi connectivity index (χ0n) is 10.6. The summed E-state index contributed by atoms with van der Waals surface area (Å²) in [6, 6.07) is 7.41. The second-order valence-corrected chi connectivity index (χ2v) is 3.10. The van der Waals surface area contributed by atoms with Crippen LogP contribution >= 0.6 is 12.2 Å². The third kappa shape index (κ3) is 2.67. The molecule has 1 heterocycles. The van der Waals surface area contributed by atoms with E-state index in [9.17, 15) is 4.79 Å². The largest absolute Gasteiger partial charge is 0.302 e. The monoisotopic (exact) mass is 237 g/mol. The highest BCUT2D eigenvalue weighted by Crippen LogP contribution is 2.21. The molecule has 1 amide bonds. The third-order valence-electron chi connectivity index (χ3n) is 2.00. The number of hydrogen-bond donors (Lipinski definition) is 0. The first kappa shape index (κ1) is 14.8. The number of carbonyl (C=O) groups is 1. The van der Waals surface area contributed by atoms with E-state index in [0.29, 0.717) is 10.6 Å². The Hall–Kier alpha value is -1.22. The lowest BCUT2D eigenvalue weighted by molar-refractivity contribution is 0.0884. The number of thiocarbonyl (C=S) groups is 1. The van der Waals surface area contributed by atoms with Crippen molar-refractivity contribution in [3.8, 4) is 0 Å². The maximum absolute atomic E-state index is 11.4. The van der Waals surface area contributed by atoms with Gasteiger partial charge in [0.25, 0.3) is 5.91 Å². The Balaban J connectivity index is 0.000000509. The minimum absolute atomic E-state index is 0.00407. The van der Waals surface area contributed by atoms with Crippen molar-refractivity contribution in [2.24, 2.45) is 0 Å². The van der Waals surface area contributed by atoms with E-state index in [1.54, 1.807) is 13.1 Å². The first-order valence-electron chi connectivity index (χ1n) is 5.63. The molecular formula is C13H19NOS. The summed E-state index contributed by atoms with van der Waals surface area (Å²) >= 11 is 5.08. The smallest absolute Gasteiger partial charge is 0.259 e. The Kier molecular flexibility index (Phi) is 6.58. The number of nitrogens with zero attached hydrogens (tertiary/aromatic N) is 1. The highest BCUT2D eigenvalue weighted by molar-refractivity contribution is 7.80. The van der Waals surface area contributed by atoms with Gasteiger partial charge in [0.05, 0.1) is 5.56 Å². The van der Waals surface area contributed by atoms with Crippen LogP contribution in [0.5, 0.6) is 0 Å². The van der Waals surface area contributed by atoms with Gasteiger partial charge in [-0.15, -0.1) is 0 Å². The van der Waals surface area contributed by atoms with Crippen molar-refractivity contribution in [3.63, 3.8) is 0 Å². The summed E-state index contributed by atoms with van der Waals surface area (Å²) in [6.45, 7) is 8.00. The van der Waals surface area contributed by atoms with Gasteiger partial charge in [-0.25, -0.2) is 0 Å². The number of hydrogen-bond acceptors (Lipinski definition) is 2. The van der Waals surface area contributed by atoms with E-state index >= 15 is 0 Å². The molecule has 0 atom stereocenters. The summed E-state index contributed by atoms with van der Waals surface area (Å²) in [4.78, 5) is 13.6. The molecule has 16 heavy (non-hydrogen) atoms. The number of rotatable bonds is 0. The summed E-state index contributed by atoms with van der Waals surface area (Å²) in [5, 5.41) is 0. The number of amides is 1. The van der Waals surface area contributed by atoms with Crippen LogP contribution in [0.15, 0.2) is 24.3 Å². The van der Waals surface area contributed by atoms with Crippen LogP contribution in [0.1, 0.15) is 43.6 Å². The predicted octanol–water partition coefficient (Wildman–Crippen LogP) is 3.50. The van der Waals surface area contributed by atoms with Gasteiger partial charge >= 0.3 is 0 Å².